The Morgan fingerprint density at radius 2 is 2.14 bits per heavy atom. The minimum absolute atomic E-state index is 0.0453. The number of hydrogen-bond acceptors (Lipinski definition) is 6. The molecule has 0 bridgehead atoms. The van der Waals surface area contributed by atoms with E-state index >= 15 is 0 Å². The quantitative estimate of drug-likeness (QED) is 0.840. The zero-order chi connectivity index (χ0) is 15.6. The first-order chi connectivity index (χ1) is 9.81. The van der Waals surface area contributed by atoms with Crippen LogP contribution in [-0.4, -0.2) is 41.4 Å². The van der Waals surface area contributed by atoms with Crippen LogP contribution in [0.15, 0.2) is 0 Å². The molecule has 2 N–H and O–H groups in total. The van der Waals surface area contributed by atoms with Crippen molar-refractivity contribution in [2.45, 2.75) is 38.0 Å². The van der Waals surface area contributed by atoms with E-state index in [-0.39, 0.29) is 17.2 Å². The van der Waals surface area contributed by atoms with Crippen molar-refractivity contribution < 1.29 is 23.1 Å². The number of rotatable bonds is 4. The van der Waals surface area contributed by atoms with Crippen LogP contribution in [0.4, 0.5) is 0 Å². The van der Waals surface area contributed by atoms with Crippen LogP contribution in [0, 0.1) is 6.92 Å². The average Bonchev–Trinajstić information content (AvgIpc) is 2.77. The number of carbonyl (C=O) groups excluding carboxylic acids is 1. The number of thiazole rings is 1. The van der Waals surface area contributed by atoms with Crippen molar-refractivity contribution >= 4 is 33.1 Å². The second-order valence-electron chi connectivity index (χ2n) is 4.90. The predicted octanol–water partition coefficient (Wildman–Crippen LogP) is 0.733. The third kappa shape index (κ3) is 3.59. The highest BCUT2D eigenvalue weighted by Gasteiger charge is 2.34. The van der Waals surface area contributed by atoms with Gasteiger partial charge in [0.2, 0.25) is 5.91 Å². The van der Waals surface area contributed by atoms with Gasteiger partial charge in [0.15, 0.2) is 9.84 Å². The van der Waals surface area contributed by atoms with Gasteiger partial charge in [-0.1, -0.05) is 6.42 Å². The van der Waals surface area contributed by atoms with Gasteiger partial charge in [-0.25, -0.2) is 18.2 Å². The van der Waals surface area contributed by atoms with Crippen LogP contribution in [-0.2, 0) is 21.2 Å². The van der Waals surface area contributed by atoms with E-state index in [9.17, 15) is 18.0 Å². The molecule has 0 saturated carbocycles. The SMILES string of the molecule is Cc1nc(CNC(=O)C2CCCCS2(=O)=O)sc1C(=O)O. The lowest BCUT2D eigenvalue weighted by Crippen LogP contribution is -2.42. The van der Waals surface area contributed by atoms with Crippen LogP contribution in [0.5, 0.6) is 0 Å². The van der Waals surface area contributed by atoms with Gasteiger partial charge in [-0.2, -0.15) is 0 Å². The molecule has 7 nitrogen and oxygen atoms in total. The maximum atomic E-state index is 12.0. The number of carbonyl (C=O) groups is 2. The number of sulfone groups is 1. The molecule has 1 aliphatic heterocycles. The molecule has 116 valence electrons. The Morgan fingerprint density at radius 1 is 1.43 bits per heavy atom. The van der Waals surface area contributed by atoms with Crippen LogP contribution in [0.2, 0.25) is 0 Å². The summed E-state index contributed by atoms with van der Waals surface area (Å²) in [5.41, 5.74) is 0.391. The van der Waals surface area contributed by atoms with E-state index in [4.69, 9.17) is 5.11 Å². The molecule has 1 atom stereocenters. The molecule has 0 aromatic carbocycles. The molecule has 1 aromatic rings. The fourth-order valence-corrected chi connectivity index (χ4v) is 4.92. The molecule has 1 unspecified atom stereocenters. The molecule has 2 rings (SSSR count). The summed E-state index contributed by atoms with van der Waals surface area (Å²) in [6, 6.07) is 0. The second-order valence-corrected chi connectivity index (χ2v) is 8.28. The van der Waals surface area contributed by atoms with E-state index in [1.54, 1.807) is 6.92 Å². The molecule has 1 aromatic heterocycles. The monoisotopic (exact) mass is 332 g/mol. The molecule has 1 fully saturated rings. The molecule has 2 heterocycles. The lowest BCUT2D eigenvalue weighted by molar-refractivity contribution is -0.121. The first-order valence-corrected chi connectivity index (χ1v) is 9.03. The summed E-state index contributed by atoms with van der Waals surface area (Å²) in [4.78, 5) is 27.1. The number of aryl methyl sites for hydroxylation is 1. The molecule has 1 amide bonds. The Balaban J connectivity index is 2.01. The van der Waals surface area contributed by atoms with Gasteiger partial charge in [-0.15, -0.1) is 11.3 Å². The molecule has 0 radical (unpaired) electrons. The Bertz CT molecular complexity index is 665. The van der Waals surface area contributed by atoms with Crippen LogP contribution >= 0.6 is 11.3 Å². The van der Waals surface area contributed by atoms with Crippen LogP contribution in [0.1, 0.15) is 39.6 Å². The van der Waals surface area contributed by atoms with E-state index in [1.807, 2.05) is 0 Å². The van der Waals surface area contributed by atoms with Gasteiger partial charge in [0.1, 0.15) is 15.1 Å². The Labute approximate surface area is 126 Å². The van der Waals surface area contributed by atoms with Gasteiger partial charge in [0, 0.05) is 0 Å². The van der Waals surface area contributed by atoms with Crippen molar-refractivity contribution in [3.05, 3.63) is 15.6 Å². The fraction of sp³-hybridized carbons (Fsp3) is 0.583. The van der Waals surface area contributed by atoms with Crippen LogP contribution in [0.3, 0.4) is 0 Å². The number of hydrogen-bond donors (Lipinski definition) is 2. The smallest absolute Gasteiger partial charge is 0.347 e. The Morgan fingerprint density at radius 3 is 2.71 bits per heavy atom. The Kier molecular flexibility index (Phi) is 4.62. The van der Waals surface area contributed by atoms with E-state index in [2.05, 4.69) is 10.3 Å². The summed E-state index contributed by atoms with van der Waals surface area (Å²) < 4.78 is 23.7. The standard InChI is InChI=1S/C12H16N2O5S2/c1-7-10(12(16)17)20-9(14-7)6-13-11(15)8-4-2-3-5-21(8,18)19/h8H,2-6H2,1H3,(H,13,15)(H,16,17). The van der Waals surface area contributed by atoms with Crippen LogP contribution in [0.25, 0.3) is 0 Å². The number of aromatic carboxylic acids is 1. The normalized spacial score (nSPS) is 20.9. The number of nitrogens with one attached hydrogen (secondary N) is 1. The maximum absolute atomic E-state index is 12.0. The molecular formula is C12H16N2O5S2. The first kappa shape index (κ1) is 15.9. The summed E-state index contributed by atoms with van der Waals surface area (Å²) in [7, 11) is -3.37. The van der Waals surface area contributed by atoms with Crippen LogP contribution < -0.4 is 5.32 Å². The highest BCUT2D eigenvalue weighted by atomic mass is 32.2. The number of aromatic nitrogens is 1. The summed E-state index contributed by atoms with van der Waals surface area (Å²) in [6.07, 6.45) is 1.65. The summed E-state index contributed by atoms with van der Waals surface area (Å²) in [5.74, 6) is -1.54. The van der Waals surface area contributed by atoms with Gasteiger partial charge in [-0.3, -0.25) is 4.79 Å². The predicted molar refractivity (Wildman–Crippen MR) is 77.1 cm³/mol. The van der Waals surface area contributed by atoms with Crippen molar-refractivity contribution in [3.8, 4) is 0 Å². The molecule has 0 spiro atoms. The van der Waals surface area contributed by atoms with Crippen molar-refractivity contribution in [1.82, 2.24) is 10.3 Å². The Hall–Kier alpha value is -1.48. The zero-order valence-electron chi connectivity index (χ0n) is 11.5. The zero-order valence-corrected chi connectivity index (χ0v) is 13.1. The molecule has 1 saturated heterocycles. The summed E-state index contributed by atoms with van der Waals surface area (Å²) >= 11 is 0.981. The minimum atomic E-state index is -3.37. The van der Waals surface area contributed by atoms with Gasteiger partial charge >= 0.3 is 5.97 Å². The third-order valence-corrected chi connectivity index (χ3v) is 6.64. The molecule has 0 aliphatic carbocycles. The highest BCUT2D eigenvalue weighted by molar-refractivity contribution is 7.92. The van der Waals surface area contributed by atoms with E-state index in [0.717, 1.165) is 17.8 Å². The fourth-order valence-electron chi connectivity index (χ4n) is 2.25. The second kappa shape index (κ2) is 6.10. The summed E-state index contributed by atoms with van der Waals surface area (Å²) in [6.45, 7) is 1.63. The maximum Gasteiger partial charge on any atom is 0.347 e. The van der Waals surface area contributed by atoms with Crippen molar-refractivity contribution in [3.63, 3.8) is 0 Å². The lowest BCUT2D eigenvalue weighted by Gasteiger charge is -2.21. The molecule has 21 heavy (non-hydrogen) atoms. The van der Waals surface area contributed by atoms with E-state index < -0.39 is 27.0 Å². The topological polar surface area (TPSA) is 113 Å². The van der Waals surface area contributed by atoms with Crippen molar-refractivity contribution in [2.24, 2.45) is 0 Å². The number of amides is 1. The molecular weight excluding hydrogens is 316 g/mol. The summed E-state index contributed by atoms with van der Waals surface area (Å²) in [5, 5.41) is 10.9. The number of carboxylic acid groups (broad SMARTS) is 1. The van der Waals surface area contributed by atoms with Gasteiger partial charge in [-0.05, 0) is 19.8 Å². The van der Waals surface area contributed by atoms with Gasteiger partial charge < -0.3 is 10.4 Å². The highest BCUT2D eigenvalue weighted by Crippen LogP contribution is 2.21. The number of nitrogens with zero attached hydrogens (tertiary/aromatic N) is 1. The van der Waals surface area contributed by atoms with E-state index in [1.165, 1.54) is 0 Å². The minimum Gasteiger partial charge on any atom is -0.477 e. The third-order valence-electron chi connectivity index (χ3n) is 3.32. The first-order valence-electron chi connectivity index (χ1n) is 6.50. The largest absolute Gasteiger partial charge is 0.477 e. The van der Waals surface area contributed by atoms with Crippen molar-refractivity contribution in [2.75, 3.05) is 5.75 Å². The number of carboxylic acids is 1. The molecule has 9 heteroatoms. The average molecular weight is 332 g/mol. The lowest BCUT2D eigenvalue weighted by atomic mass is 10.2. The van der Waals surface area contributed by atoms with E-state index in [0.29, 0.717) is 23.5 Å². The molecule has 1 aliphatic rings. The van der Waals surface area contributed by atoms with Gasteiger partial charge in [0.25, 0.3) is 0 Å². The van der Waals surface area contributed by atoms with Crippen molar-refractivity contribution in [1.29, 1.82) is 0 Å². The van der Waals surface area contributed by atoms with Gasteiger partial charge in [0.05, 0.1) is 18.0 Å².